The van der Waals surface area contributed by atoms with Gasteiger partial charge >= 0.3 is 0 Å². The summed E-state index contributed by atoms with van der Waals surface area (Å²) in [6.07, 6.45) is 17.5. The van der Waals surface area contributed by atoms with Crippen molar-refractivity contribution in [2.45, 2.75) is 84.5 Å². The maximum Gasteiger partial charge on any atom is 0.159 e. The average Bonchev–Trinajstić information content (AvgIpc) is 2.85. The zero-order valence-electron chi connectivity index (χ0n) is 20.9. The molecular weight excluding hydrogens is 412 g/mol. The minimum absolute atomic E-state index is 0.675. The third-order valence-electron chi connectivity index (χ3n) is 5.66. The van der Waals surface area contributed by atoms with Crippen molar-refractivity contribution in [3.8, 4) is 17.1 Å². The number of aryl methyl sites for hydroxylation is 1. The van der Waals surface area contributed by atoms with Crippen molar-refractivity contribution in [1.82, 2.24) is 9.97 Å². The van der Waals surface area contributed by atoms with E-state index in [1.165, 1.54) is 50.5 Å². The van der Waals surface area contributed by atoms with Crippen LogP contribution >= 0.6 is 0 Å². The van der Waals surface area contributed by atoms with E-state index in [0.29, 0.717) is 13.2 Å². The molecule has 0 aliphatic rings. The predicted octanol–water partition coefficient (Wildman–Crippen LogP) is 7.04. The first-order valence-corrected chi connectivity index (χ1v) is 13.0. The van der Waals surface area contributed by atoms with Crippen LogP contribution in [-0.4, -0.2) is 43.0 Å². The smallest absolute Gasteiger partial charge is 0.159 e. The molecule has 0 spiro atoms. The highest BCUT2D eigenvalue weighted by Crippen LogP contribution is 2.20. The number of hydrogen-bond acceptors (Lipinski definition) is 5. The van der Waals surface area contributed by atoms with Crippen molar-refractivity contribution in [1.29, 1.82) is 0 Å². The van der Waals surface area contributed by atoms with Crippen LogP contribution in [0.5, 0.6) is 5.75 Å². The molecule has 1 aromatic carbocycles. The highest BCUT2D eigenvalue weighted by Gasteiger charge is 2.03. The summed E-state index contributed by atoms with van der Waals surface area (Å²) in [7, 11) is 0. The van der Waals surface area contributed by atoms with Crippen molar-refractivity contribution >= 4 is 0 Å². The number of aromatic nitrogens is 2. The summed E-state index contributed by atoms with van der Waals surface area (Å²) in [5.41, 5.74) is 2.18. The number of hydrogen-bond donors (Lipinski definition) is 0. The van der Waals surface area contributed by atoms with Gasteiger partial charge in [0.05, 0.1) is 19.8 Å². The summed E-state index contributed by atoms with van der Waals surface area (Å²) in [6.45, 7) is 7.93. The molecule has 2 rings (SSSR count). The number of rotatable bonds is 20. The molecule has 33 heavy (non-hydrogen) atoms. The molecule has 184 valence electrons. The SMILES string of the molecule is CCCCCCCCCCOc1ccc(-c2ncc(CCCCOCCOCC)cn2)cc1. The summed E-state index contributed by atoms with van der Waals surface area (Å²) in [4.78, 5) is 9.10. The van der Waals surface area contributed by atoms with E-state index in [4.69, 9.17) is 14.2 Å². The lowest BCUT2D eigenvalue weighted by Gasteiger charge is -2.08. The lowest BCUT2D eigenvalue weighted by molar-refractivity contribution is 0.0514. The predicted molar refractivity (Wildman–Crippen MR) is 136 cm³/mol. The lowest BCUT2D eigenvalue weighted by Crippen LogP contribution is -2.05. The van der Waals surface area contributed by atoms with Gasteiger partial charge in [-0.3, -0.25) is 0 Å². The minimum atomic E-state index is 0.675. The van der Waals surface area contributed by atoms with Crippen LogP contribution in [0.3, 0.4) is 0 Å². The van der Waals surface area contributed by atoms with E-state index in [1.807, 2.05) is 43.6 Å². The van der Waals surface area contributed by atoms with Gasteiger partial charge in [0.1, 0.15) is 5.75 Å². The molecule has 5 nitrogen and oxygen atoms in total. The standard InChI is InChI=1S/C28H44N2O3/c1-3-5-6-7-8-9-10-12-20-33-27-17-15-26(16-18-27)28-29-23-25(24-30-28)14-11-13-19-32-22-21-31-4-2/h15-18,23-24H,3-14,19-22H2,1-2H3. The third kappa shape index (κ3) is 12.7. The van der Waals surface area contributed by atoms with Gasteiger partial charge in [-0.05, 0) is 62.4 Å². The second-order valence-electron chi connectivity index (χ2n) is 8.53. The fourth-order valence-corrected chi connectivity index (χ4v) is 3.66. The van der Waals surface area contributed by atoms with Gasteiger partial charge in [-0.1, -0.05) is 51.9 Å². The van der Waals surface area contributed by atoms with Crippen molar-refractivity contribution in [2.75, 3.05) is 33.0 Å². The fourth-order valence-electron chi connectivity index (χ4n) is 3.66. The van der Waals surface area contributed by atoms with Crippen molar-refractivity contribution in [2.24, 2.45) is 0 Å². The Kier molecular flexibility index (Phi) is 15.2. The second-order valence-corrected chi connectivity index (χ2v) is 8.53. The summed E-state index contributed by atoms with van der Waals surface area (Å²) in [5, 5.41) is 0. The Labute approximate surface area is 201 Å². The summed E-state index contributed by atoms with van der Waals surface area (Å²) < 4.78 is 16.7. The van der Waals surface area contributed by atoms with E-state index >= 15 is 0 Å². The Balaban J connectivity index is 1.59. The van der Waals surface area contributed by atoms with E-state index < -0.39 is 0 Å². The van der Waals surface area contributed by atoms with Gasteiger partial charge in [-0.2, -0.15) is 0 Å². The van der Waals surface area contributed by atoms with Crippen LogP contribution in [0.4, 0.5) is 0 Å². The van der Waals surface area contributed by atoms with Crippen molar-refractivity contribution in [3.05, 3.63) is 42.2 Å². The van der Waals surface area contributed by atoms with Gasteiger partial charge in [-0.25, -0.2) is 9.97 Å². The van der Waals surface area contributed by atoms with Gasteiger partial charge in [0, 0.05) is 31.2 Å². The van der Waals surface area contributed by atoms with Gasteiger partial charge in [-0.15, -0.1) is 0 Å². The molecule has 0 amide bonds. The highest BCUT2D eigenvalue weighted by atomic mass is 16.5. The molecule has 0 aliphatic carbocycles. The molecule has 0 atom stereocenters. The molecule has 0 fully saturated rings. The molecule has 0 saturated heterocycles. The first kappa shape index (κ1) is 27.3. The number of unbranched alkanes of at least 4 members (excludes halogenated alkanes) is 8. The Morgan fingerprint density at radius 3 is 1.97 bits per heavy atom. The van der Waals surface area contributed by atoms with Crippen LogP contribution in [0.15, 0.2) is 36.7 Å². The fraction of sp³-hybridized carbons (Fsp3) is 0.643. The van der Waals surface area contributed by atoms with E-state index in [2.05, 4.69) is 16.9 Å². The average molecular weight is 457 g/mol. The topological polar surface area (TPSA) is 53.5 Å². The Morgan fingerprint density at radius 1 is 0.636 bits per heavy atom. The van der Waals surface area contributed by atoms with Crippen LogP contribution in [0.1, 0.15) is 83.6 Å². The third-order valence-corrected chi connectivity index (χ3v) is 5.66. The van der Waals surface area contributed by atoms with Crippen molar-refractivity contribution < 1.29 is 14.2 Å². The first-order chi connectivity index (χ1) is 16.3. The van der Waals surface area contributed by atoms with Crippen LogP contribution in [-0.2, 0) is 15.9 Å². The van der Waals surface area contributed by atoms with Crippen LogP contribution < -0.4 is 4.74 Å². The van der Waals surface area contributed by atoms with Crippen LogP contribution in [0.25, 0.3) is 11.4 Å². The first-order valence-electron chi connectivity index (χ1n) is 13.0. The zero-order valence-corrected chi connectivity index (χ0v) is 20.9. The molecule has 0 aliphatic heterocycles. The number of ether oxygens (including phenoxy) is 3. The molecule has 2 aromatic rings. The monoisotopic (exact) mass is 456 g/mol. The minimum Gasteiger partial charge on any atom is -0.494 e. The number of benzene rings is 1. The maximum absolute atomic E-state index is 5.89. The van der Waals surface area contributed by atoms with Gasteiger partial charge in [0.25, 0.3) is 0 Å². The molecule has 0 N–H and O–H groups in total. The molecule has 5 heteroatoms. The Bertz CT molecular complexity index is 704. The van der Waals surface area contributed by atoms with E-state index in [-0.39, 0.29) is 0 Å². The second kappa shape index (κ2) is 18.4. The molecule has 0 bridgehead atoms. The molecule has 1 aromatic heterocycles. The Morgan fingerprint density at radius 2 is 1.27 bits per heavy atom. The lowest BCUT2D eigenvalue weighted by atomic mass is 10.1. The molecule has 0 saturated carbocycles. The largest absolute Gasteiger partial charge is 0.494 e. The van der Waals surface area contributed by atoms with E-state index in [1.54, 1.807) is 0 Å². The quantitative estimate of drug-likeness (QED) is 0.200. The maximum atomic E-state index is 5.89. The Hall–Kier alpha value is -1.98. The molecule has 0 radical (unpaired) electrons. The van der Waals surface area contributed by atoms with Crippen molar-refractivity contribution in [3.63, 3.8) is 0 Å². The van der Waals surface area contributed by atoms with Crippen LogP contribution in [0, 0.1) is 0 Å². The summed E-state index contributed by atoms with van der Waals surface area (Å²) in [5.74, 6) is 1.68. The summed E-state index contributed by atoms with van der Waals surface area (Å²) >= 11 is 0. The van der Waals surface area contributed by atoms with Gasteiger partial charge in [0.15, 0.2) is 5.82 Å². The highest BCUT2D eigenvalue weighted by molar-refractivity contribution is 5.55. The van der Waals surface area contributed by atoms with Gasteiger partial charge in [0.2, 0.25) is 0 Å². The summed E-state index contributed by atoms with van der Waals surface area (Å²) in [6, 6.07) is 8.11. The normalized spacial score (nSPS) is 11.1. The van der Waals surface area contributed by atoms with Crippen LogP contribution in [0.2, 0.25) is 0 Å². The molecular formula is C28H44N2O3. The van der Waals surface area contributed by atoms with E-state index in [0.717, 1.165) is 62.6 Å². The molecule has 1 heterocycles. The molecule has 0 unspecified atom stereocenters. The van der Waals surface area contributed by atoms with E-state index in [9.17, 15) is 0 Å². The number of nitrogens with zero attached hydrogens (tertiary/aromatic N) is 2. The van der Waals surface area contributed by atoms with Gasteiger partial charge < -0.3 is 14.2 Å². The zero-order chi connectivity index (χ0) is 23.4.